The summed E-state index contributed by atoms with van der Waals surface area (Å²) in [6, 6.07) is 23.1. The summed E-state index contributed by atoms with van der Waals surface area (Å²) in [6.45, 7) is 0.544. The number of halogens is 1. The van der Waals surface area contributed by atoms with Gasteiger partial charge in [-0.3, -0.25) is 4.79 Å². The van der Waals surface area contributed by atoms with Crippen LogP contribution in [0.15, 0.2) is 84.6 Å². The molecule has 0 fully saturated rings. The van der Waals surface area contributed by atoms with Crippen LogP contribution in [0.5, 0.6) is 5.75 Å². The first-order valence-corrected chi connectivity index (χ1v) is 9.96. The van der Waals surface area contributed by atoms with E-state index < -0.39 is 5.91 Å². The zero-order valence-electron chi connectivity index (χ0n) is 17.4. The number of anilines is 1. The number of carbonyl (C=O) groups excluding carboxylic acids is 1. The van der Waals surface area contributed by atoms with Crippen LogP contribution in [0.2, 0.25) is 0 Å². The van der Waals surface area contributed by atoms with Crippen LogP contribution in [0.4, 0.5) is 10.1 Å². The lowest BCUT2D eigenvalue weighted by Gasteiger charge is -2.07. The van der Waals surface area contributed by atoms with Crippen molar-refractivity contribution in [3.63, 3.8) is 0 Å². The summed E-state index contributed by atoms with van der Waals surface area (Å²) in [5.41, 5.74) is 3.11. The second-order valence-corrected chi connectivity index (χ2v) is 7.25. The monoisotopic (exact) mass is 425 g/mol. The van der Waals surface area contributed by atoms with E-state index in [4.69, 9.17) is 4.74 Å². The predicted octanol–water partition coefficient (Wildman–Crippen LogP) is 5.38. The van der Waals surface area contributed by atoms with Gasteiger partial charge < -0.3 is 14.6 Å². The molecule has 1 heterocycles. The van der Waals surface area contributed by atoms with Crippen LogP contribution in [0.1, 0.15) is 11.1 Å². The van der Waals surface area contributed by atoms with Crippen LogP contribution >= 0.6 is 0 Å². The van der Waals surface area contributed by atoms with E-state index in [1.165, 1.54) is 12.1 Å². The van der Waals surface area contributed by atoms with Gasteiger partial charge in [0, 0.05) is 35.4 Å². The Kier molecular flexibility index (Phi) is 6.00. The van der Waals surface area contributed by atoms with Gasteiger partial charge in [0.15, 0.2) is 0 Å². The Bertz CT molecular complexity index is 1370. The third-order valence-corrected chi connectivity index (χ3v) is 5.04. The van der Waals surface area contributed by atoms with Gasteiger partial charge in [-0.05, 0) is 59.7 Å². The average molecular weight is 425 g/mol. The predicted molar refractivity (Wildman–Crippen MR) is 123 cm³/mol. The second kappa shape index (κ2) is 9.19. The van der Waals surface area contributed by atoms with Crippen molar-refractivity contribution < 1.29 is 13.9 Å². The molecule has 1 aromatic heterocycles. The largest absolute Gasteiger partial charge is 0.497 e. The molecular formula is C26H20FN3O2. The summed E-state index contributed by atoms with van der Waals surface area (Å²) in [6.07, 6.45) is 3.49. The minimum atomic E-state index is -0.496. The third-order valence-electron chi connectivity index (χ3n) is 5.04. The normalized spacial score (nSPS) is 11.2. The fraction of sp³-hybridized carbons (Fsp3) is 0.0769. The van der Waals surface area contributed by atoms with Gasteiger partial charge in [-0.25, -0.2) is 4.39 Å². The molecule has 6 heteroatoms. The van der Waals surface area contributed by atoms with Gasteiger partial charge in [-0.2, -0.15) is 5.26 Å². The molecule has 0 aliphatic heterocycles. The Hall–Kier alpha value is -4.37. The number of amides is 1. The summed E-state index contributed by atoms with van der Waals surface area (Å²) < 4.78 is 20.7. The SMILES string of the molecule is COc1cccc(NC(=O)/C(C#N)=C/c2ccc3c(ccn3Cc3cccc(F)c3)c2)c1. The summed E-state index contributed by atoms with van der Waals surface area (Å²) in [4.78, 5) is 12.6. The smallest absolute Gasteiger partial charge is 0.266 e. The zero-order chi connectivity index (χ0) is 22.5. The maximum absolute atomic E-state index is 13.5. The van der Waals surface area contributed by atoms with E-state index in [9.17, 15) is 14.4 Å². The van der Waals surface area contributed by atoms with Gasteiger partial charge in [0.1, 0.15) is 23.2 Å². The van der Waals surface area contributed by atoms with Gasteiger partial charge in [-0.1, -0.05) is 24.3 Å². The van der Waals surface area contributed by atoms with Crippen molar-refractivity contribution in [2.75, 3.05) is 12.4 Å². The lowest BCUT2D eigenvalue weighted by Crippen LogP contribution is -2.13. The standard InChI is InChI=1S/C26H20FN3O2/c1-32-24-7-3-6-23(15-24)29-26(31)21(16-28)13-18-8-9-25-20(12-18)10-11-30(25)17-19-4-2-5-22(27)14-19/h2-15H,17H2,1H3,(H,29,31)/b21-13+. The van der Waals surface area contributed by atoms with Crippen molar-refractivity contribution in [3.05, 3.63) is 102 Å². The molecule has 32 heavy (non-hydrogen) atoms. The molecule has 0 aliphatic carbocycles. The molecule has 0 radical (unpaired) electrons. The first-order chi connectivity index (χ1) is 15.6. The molecule has 4 rings (SSSR count). The van der Waals surface area contributed by atoms with E-state index in [0.29, 0.717) is 18.0 Å². The third kappa shape index (κ3) is 4.68. The number of benzene rings is 3. The number of hydrogen-bond donors (Lipinski definition) is 1. The second-order valence-electron chi connectivity index (χ2n) is 7.25. The van der Waals surface area contributed by atoms with E-state index in [1.54, 1.807) is 43.5 Å². The lowest BCUT2D eigenvalue weighted by molar-refractivity contribution is -0.112. The number of hydrogen-bond acceptors (Lipinski definition) is 3. The maximum atomic E-state index is 13.5. The van der Waals surface area contributed by atoms with E-state index in [0.717, 1.165) is 22.0 Å². The maximum Gasteiger partial charge on any atom is 0.266 e. The summed E-state index contributed by atoms with van der Waals surface area (Å²) in [7, 11) is 1.54. The Morgan fingerprint density at radius 2 is 1.97 bits per heavy atom. The average Bonchev–Trinajstić information content (AvgIpc) is 3.19. The topological polar surface area (TPSA) is 67.0 Å². The first kappa shape index (κ1) is 20.9. The fourth-order valence-electron chi connectivity index (χ4n) is 3.49. The van der Waals surface area contributed by atoms with Crippen molar-refractivity contribution in [2.45, 2.75) is 6.54 Å². The van der Waals surface area contributed by atoms with Crippen LogP contribution < -0.4 is 10.1 Å². The molecule has 0 unspecified atom stereocenters. The van der Waals surface area contributed by atoms with E-state index in [2.05, 4.69) is 5.32 Å². The van der Waals surface area contributed by atoms with E-state index >= 15 is 0 Å². The molecular weight excluding hydrogens is 405 g/mol. The van der Waals surface area contributed by atoms with Crippen molar-refractivity contribution in [1.82, 2.24) is 4.57 Å². The van der Waals surface area contributed by atoms with Gasteiger partial charge in [0.25, 0.3) is 5.91 Å². The molecule has 3 aromatic carbocycles. The number of nitriles is 1. The molecule has 0 saturated carbocycles. The summed E-state index contributed by atoms with van der Waals surface area (Å²) >= 11 is 0. The fourth-order valence-corrected chi connectivity index (χ4v) is 3.49. The zero-order valence-corrected chi connectivity index (χ0v) is 17.4. The van der Waals surface area contributed by atoms with Gasteiger partial charge in [0.2, 0.25) is 0 Å². The lowest BCUT2D eigenvalue weighted by atomic mass is 10.1. The highest BCUT2D eigenvalue weighted by Crippen LogP contribution is 2.22. The molecule has 1 amide bonds. The van der Waals surface area contributed by atoms with Crippen molar-refractivity contribution in [3.8, 4) is 11.8 Å². The molecule has 5 nitrogen and oxygen atoms in total. The molecule has 0 bridgehead atoms. The molecule has 158 valence electrons. The number of carbonyl (C=O) groups is 1. The Morgan fingerprint density at radius 1 is 1.12 bits per heavy atom. The molecule has 0 aliphatic rings. The first-order valence-electron chi connectivity index (χ1n) is 9.96. The molecule has 4 aromatic rings. The van der Waals surface area contributed by atoms with E-state index in [1.807, 2.05) is 47.2 Å². The number of aromatic nitrogens is 1. The molecule has 0 atom stereocenters. The quantitative estimate of drug-likeness (QED) is 0.333. The van der Waals surface area contributed by atoms with Crippen molar-refractivity contribution in [2.24, 2.45) is 0 Å². The van der Waals surface area contributed by atoms with Gasteiger partial charge in [0.05, 0.1) is 7.11 Å². The van der Waals surface area contributed by atoms with Crippen molar-refractivity contribution in [1.29, 1.82) is 5.26 Å². The minimum Gasteiger partial charge on any atom is -0.497 e. The Morgan fingerprint density at radius 3 is 2.75 bits per heavy atom. The number of methoxy groups -OCH3 is 1. The van der Waals surface area contributed by atoms with Crippen molar-refractivity contribution >= 4 is 28.6 Å². The number of nitrogens with one attached hydrogen (secondary N) is 1. The van der Waals surface area contributed by atoms with Crippen LogP contribution in [-0.2, 0) is 11.3 Å². The Labute approximate surface area is 185 Å². The minimum absolute atomic E-state index is 0.00800. The summed E-state index contributed by atoms with van der Waals surface area (Å²) in [5, 5.41) is 13.2. The highest BCUT2D eigenvalue weighted by atomic mass is 19.1. The number of ether oxygens (including phenoxy) is 1. The highest BCUT2D eigenvalue weighted by molar-refractivity contribution is 6.09. The van der Waals surface area contributed by atoms with Crippen LogP contribution in [-0.4, -0.2) is 17.6 Å². The molecule has 1 N–H and O–H groups in total. The molecule has 0 spiro atoms. The number of rotatable bonds is 6. The van der Waals surface area contributed by atoms with Crippen LogP contribution in [0.3, 0.4) is 0 Å². The number of nitrogens with zero attached hydrogens (tertiary/aromatic N) is 2. The highest BCUT2D eigenvalue weighted by Gasteiger charge is 2.11. The molecule has 0 saturated heterocycles. The Balaban J connectivity index is 1.55. The van der Waals surface area contributed by atoms with Gasteiger partial charge >= 0.3 is 0 Å². The summed E-state index contributed by atoms with van der Waals surface area (Å²) in [5.74, 6) is -0.148. The van der Waals surface area contributed by atoms with Crippen LogP contribution in [0.25, 0.3) is 17.0 Å². The van der Waals surface area contributed by atoms with Crippen LogP contribution in [0, 0.1) is 17.1 Å². The van der Waals surface area contributed by atoms with E-state index in [-0.39, 0.29) is 11.4 Å². The van der Waals surface area contributed by atoms with Gasteiger partial charge in [-0.15, -0.1) is 0 Å². The number of fused-ring (bicyclic) bond motifs is 1.